The van der Waals surface area contributed by atoms with E-state index in [4.69, 9.17) is 23.2 Å². The van der Waals surface area contributed by atoms with Gasteiger partial charge < -0.3 is 9.80 Å². The Hall–Kier alpha value is -2.38. The molecule has 28 heavy (non-hydrogen) atoms. The average molecular weight is 425 g/mol. The number of aromatic nitrogens is 2. The van der Waals surface area contributed by atoms with E-state index in [9.17, 15) is 14.0 Å². The molecule has 0 atom stereocenters. The molecule has 0 unspecified atom stereocenters. The average Bonchev–Trinajstić information content (AvgIpc) is 2.91. The third-order valence-corrected chi connectivity index (χ3v) is 5.39. The van der Waals surface area contributed by atoms with Crippen molar-refractivity contribution in [3.8, 4) is 0 Å². The van der Waals surface area contributed by atoms with E-state index in [1.54, 1.807) is 27.6 Å². The van der Waals surface area contributed by atoms with Crippen molar-refractivity contribution < 1.29 is 14.0 Å². The summed E-state index contributed by atoms with van der Waals surface area (Å²) in [5, 5.41) is 4.75. The second kappa shape index (κ2) is 8.32. The number of carbonyl (C=O) groups is 2. The van der Waals surface area contributed by atoms with Crippen LogP contribution in [0.1, 0.15) is 21.6 Å². The largest absolute Gasteiger partial charge is 0.336 e. The Morgan fingerprint density at radius 2 is 1.79 bits per heavy atom. The molecule has 0 bridgehead atoms. The minimum atomic E-state index is -0.493. The van der Waals surface area contributed by atoms with Crippen molar-refractivity contribution in [3.63, 3.8) is 0 Å². The van der Waals surface area contributed by atoms with E-state index in [0.717, 1.165) is 11.8 Å². The van der Waals surface area contributed by atoms with Crippen molar-refractivity contribution in [2.24, 2.45) is 7.05 Å². The topological polar surface area (TPSA) is 58.4 Å². The Labute approximate surface area is 172 Å². The molecule has 0 radical (unpaired) electrons. The predicted octanol–water partition coefficient (Wildman–Crippen LogP) is 3.17. The molecule has 1 aliphatic heterocycles. The molecule has 1 aromatic heterocycles. The van der Waals surface area contributed by atoms with Crippen molar-refractivity contribution >= 4 is 41.1 Å². The van der Waals surface area contributed by atoms with Crippen LogP contribution in [0.25, 0.3) is 6.08 Å². The number of nitrogens with zero attached hydrogens (tertiary/aromatic N) is 4. The Morgan fingerprint density at radius 1 is 1.14 bits per heavy atom. The van der Waals surface area contributed by atoms with E-state index >= 15 is 0 Å². The molecule has 2 aromatic rings. The summed E-state index contributed by atoms with van der Waals surface area (Å²) in [6.45, 7) is 3.36. The van der Waals surface area contributed by atoms with Crippen molar-refractivity contribution in [2.75, 3.05) is 26.2 Å². The van der Waals surface area contributed by atoms with Crippen LogP contribution in [0, 0.1) is 12.7 Å². The molecule has 0 N–H and O–H groups in total. The molecular formula is C19H19Cl2FN4O2. The summed E-state index contributed by atoms with van der Waals surface area (Å²) in [7, 11) is 1.73. The van der Waals surface area contributed by atoms with Crippen LogP contribution in [0.5, 0.6) is 0 Å². The Kier molecular flexibility index (Phi) is 6.05. The number of amides is 2. The van der Waals surface area contributed by atoms with Gasteiger partial charge in [-0.2, -0.15) is 5.10 Å². The highest BCUT2D eigenvalue weighted by molar-refractivity contribution is 6.33. The summed E-state index contributed by atoms with van der Waals surface area (Å²) in [5.41, 5.74) is 1.70. The first-order valence-electron chi connectivity index (χ1n) is 8.68. The van der Waals surface area contributed by atoms with E-state index in [1.165, 1.54) is 18.2 Å². The van der Waals surface area contributed by atoms with E-state index in [1.807, 2.05) is 6.92 Å². The highest BCUT2D eigenvalue weighted by atomic mass is 35.5. The molecule has 0 spiro atoms. The lowest BCUT2D eigenvalue weighted by molar-refractivity contribution is -0.127. The number of piperazine rings is 1. The zero-order valence-corrected chi connectivity index (χ0v) is 17.0. The van der Waals surface area contributed by atoms with Crippen molar-refractivity contribution in [2.45, 2.75) is 6.92 Å². The highest BCUT2D eigenvalue weighted by Gasteiger charge is 2.25. The van der Waals surface area contributed by atoms with E-state index in [0.29, 0.717) is 36.9 Å². The van der Waals surface area contributed by atoms with Gasteiger partial charge in [-0.15, -0.1) is 0 Å². The van der Waals surface area contributed by atoms with Crippen LogP contribution in [0.2, 0.25) is 10.2 Å². The van der Waals surface area contributed by atoms with Crippen LogP contribution in [-0.4, -0.2) is 57.6 Å². The van der Waals surface area contributed by atoms with Gasteiger partial charge in [-0.3, -0.25) is 14.3 Å². The number of benzene rings is 1. The van der Waals surface area contributed by atoms with Gasteiger partial charge >= 0.3 is 0 Å². The smallest absolute Gasteiger partial charge is 0.255 e. The van der Waals surface area contributed by atoms with Crippen molar-refractivity contribution in [3.05, 3.63) is 57.1 Å². The zero-order valence-electron chi connectivity index (χ0n) is 15.5. The summed E-state index contributed by atoms with van der Waals surface area (Å²) in [6, 6.07) is 3.69. The number of aryl methyl sites for hydroxylation is 2. The summed E-state index contributed by atoms with van der Waals surface area (Å²) in [5.74, 6) is -0.927. The van der Waals surface area contributed by atoms with Gasteiger partial charge in [0.25, 0.3) is 5.91 Å². The first kappa shape index (κ1) is 20.4. The molecule has 0 saturated carbocycles. The molecule has 6 nitrogen and oxygen atoms in total. The number of hydrogen-bond acceptors (Lipinski definition) is 3. The van der Waals surface area contributed by atoms with Crippen LogP contribution in [-0.2, 0) is 11.8 Å². The molecule has 148 valence electrons. The molecule has 1 saturated heterocycles. The number of carbonyl (C=O) groups excluding carboxylic acids is 2. The quantitative estimate of drug-likeness (QED) is 0.710. The van der Waals surface area contributed by atoms with Crippen LogP contribution in [0.4, 0.5) is 4.39 Å². The molecule has 1 aromatic carbocycles. The normalized spacial score (nSPS) is 14.8. The third-order valence-electron chi connectivity index (χ3n) is 4.63. The number of halogens is 3. The fourth-order valence-electron chi connectivity index (χ4n) is 3.06. The summed E-state index contributed by atoms with van der Waals surface area (Å²) >= 11 is 12.1. The van der Waals surface area contributed by atoms with Crippen LogP contribution in [0.15, 0.2) is 24.3 Å². The first-order valence-corrected chi connectivity index (χ1v) is 9.44. The SMILES string of the molecule is Cc1nn(C)c(Cl)c1/C=C/C(=O)N1CCN(C(=O)c2ccc(F)cc2Cl)CC1. The van der Waals surface area contributed by atoms with E-state index in [-0.39, 0.29) is 22.4 Å². The van der Waals surface area contributed by atoms with Crippen LogP contribution in [0.3, 0.4) is 0 Å². The van der Waals surface area contributed by atoms with Gasteiger partial charge in [0.05, 0.1) is 16.3 Å². The molecule has 1 fully saturated rings. The maximum atomic E-state index is 13.2. The second-order valence-electron chi connectivity index (χ2n) is 6.49. The maximum absolute atomic E-state index is 13.2. The second-order valence-corrected chi connectivity index (χ2v) is 7.25. The predicted molar refractivity (Wildman–Crippen MR) is 106 cm³/mol. The zero-order chi connectivity index (χ0) is 20.4. The molecule has 3 rings (SSSR count). The first-order chi connectivity index (χ1) is 13.3. The molecular weight excluding hydrogens is 406 g/mol. The van der Waals surface area contributed by atoms with Gasteiger partial charge in [-0.1, -0.05) is 23.2 Å². The lowest BCUT2D eigenvalue weighted by atomic mass is 10.1. The van der Waals surface area contributed by atoms with Crippen LogP contribution < -0.4 is 0 Å². The Morgan fingerprint density at radius 3 is 2.36 bits per heavy atom. The lowest BCUT2D eigenvalue weighted by Gasteiger charge is -2.34. The summed E-state index contributed by atoms with van der Waals surface area (Å²) in [6.07, 6.45) is 3.12. The summed E-state index contributed by atoms with van der Waals surface area (Å²) < 4.78 is 14.7. The highest BCUT2D eigenvalue weighted by Crippen LogP contribution is 2.21. The van der Waals surface area contributed by atoms with E-state index < -0.39 is 5.82 Å². The van der Waals surface area contributed by atoms with Gasteiger partial charge in [0.2, 0.25) is 5.91 Å². The monoisotopic (exact) mass is 424 g/mol. The minimum absolute atomic E-state index is 0.0789. The van der Waals surface area contributed by atoms with Gasteiger partial charge in [0.1, 0.15) is 11.0 Å². The fraction of sp³-hybridized carbons (Fsp3) is 0.316. The van der Waals surface area contributed by atoms with E-state index in [2.05, 4.69) is 5.10 Å². The molecule has 1 aliphatic rings. The van der Waals surface area contributed by atoms with Gasteiger partial charge in [0, 0.05) is 44.9 Å². The number of hydrogen-bond donors (Lipinski definition) is 0. The van der Waals surface area contributed by atoms with Gasteiger partial charge in [-0.05, 0) is 31.2 Å². The lowest BCUT2D eigenvalue weighted by Crippen LogP contribution is -2.50. The molecule has 9 heteroatoms. The Balaban J connectivity index is 1.61. The molecule has 0 aliphatic carbocycles. The van der Waals surface area contributed by atoms with Gasteiger partial charge in [-0.25, -0.2) is 4.39 Å². The van der Waals surface area contributed by atoms with Gasteiger partial charge in [0.15, 0.2) is 0 Å². The van der Waals surface area contributed by atoms with Crippen molar-refractivity contribution in [1.29, 1.82) is 0 Å². The summed E-state index contributed by atoms with van der Waals surface area (Å²) in [4.78, 5) is 28.3. The third kappa shape index (κ3) is 4.20. The van der Waals surface area contributed by atoms with Crippen molar-refractivity contribution in [1.82, 2.24) is 19.6 Å². The molecule has 2 amide bonds. The number of rotatable bonds is 3. The molecule has 2 heterocycles. The Bertz CT molecular complexity index is 950. The standard InChI is InChI=1S/C19H19Cl2FN4O2/c1-12-14(18(21)24(2)23-12)5-6-17(27)25-7-9-26(10-8-25)19(28)15-4-3-13(22)11-16(15)20/h3-6,11H,7-10H2,1-2H3/b6-5+. The fourth-order valence-corrected chi connectivity index (χ4v) is 3.54. The minimum Gasteiger partial charge on any atom is -0.336 e. The van der Waals surface area contributed by atoms with Crippen LogP contribution >= 0.6 is 23.2 Å². The maximum Gasteiger partial charge on any atom is 0.255 e.